The quantitative estimate of drug-likeness (QED) is 0.242. The maximum atomic E-state index is 11.6. The highest BCUT2D eigenvalue weighted by Crippen LogP contribution is 2.34. The number of carbonyl (C=O) groups is 1. The van der Waals surface area contributed by atoms with Crippen LogP contribution in [0.15, 0.2) is 49.1 Å². The Bertz CT molecular complexity index is 1360. The second kappa shape index (κ2) is 9.20. The van der Waals surface area contributed by atoms with Crippen LogP contribution in [0, 0.1) is 0 Å². The molecule has 8 nitrogen and oxygen atoms in total. The minimum Gasteiger partial charge on any atom is -0.504 e. The molecule has 0 aliphatic rings. The Morgan fingerprint density at radius 1 is 1.24 bits per heavy atom. The van der Waals surface area contributed by atoms with E-state index in [4.69, 9.17) is 10.7 Å². The van der Waals surface area contributed by atoms with Crippen LogP contribution in [0.4, 0.5) is 5.82 Å². The molecule has 4 rings (SSSR count). The Labute approximate surface area is 191 Å². The number of aromatic hydroxyl groups is 2. The third-order valence-corrected chi connectivity index (χ3v) is 5.68. The zero-order chi connectivity index (χ0) is 23.5. The van der Waals surface area contributed by atoms with Crippen LogP contribution in [0.5, 0.6) is 11.5 Å². The molecule has 2 heterocycles. The summed E-state index contributed by atoms with van der Waals surface area (Å²) in [6.45, 7) is 6.25. The number of carbonyl (C=O) groups excluding carboxylic acids is 1. The molecule has 0 aliphatic carbocycles. The largest absolute Gasteiger partial charge is 0.504 e. The number of anilines is 1. The normalized spacial score (nSPS) is 11.2. The number of rotatable bonds is 8. The van der Waals surface area contributed by atoms with Crippen LogP contribution in [0.3, 0.4) is 0 Å². The van der Waals surface area contributed by atoms with Crippen molar-refractivity contribution < 1.29 is 15.0 Å². The molecule has 5 N–H and O–H groups in total. The van der Waals surface area contributed by atoms with Crippen LogP contribution >= 0.6 is 0 Å². The SMILES string of the molecule is C=CC(=O)NCc1ccc2nc(N)c3nc(CCCC)n(Cc4cccc(O)c4O)c3c2c1. The predicted molar refractivity (Wildman–Crippen MR) is 129 cm³/mol. The Kier molecular flexibility index (Phi) is 6.17. The third-order valence-electron chi connectivity index (χ3n) is 5.68. The summed E-state index contributed by atoms with van der Waals surface area (Å²) in [5, 5.41) is 24.0. The lowest BCUT2D eigenvalue weighted by atomic mass is 10.1. The van der Waals surface area contributed by atoms with E-state index in [1.165, 1.54) is 12.1 Å². The van der Waals surface area contributed by atoms with Crippen LogP contribution in [0.2, 0.25) is 0 Å². The van der Waals surface area contributed by atoms with Gasteiger partial charge in [-0.1, -0.05) is 38.1 Å². The molecular formula is C25H27N5O3. The van der Waals surface area contributed by atoms with Gasteiger partial charge in [0, 0.05) is 23.9 Å². The lowest BCUT2D eigenvalue weighted by Crippen LogP contribution is -2.19. The summed E-state index contributed by atoms with van der Waals surface area (Å²) in [6.07, 6.45) is 3.92. The first-order valence-electron chi connectivity index (χ1n) is 10.9. The number of nitrogen functional groups attached to an aromatic ring is 1. The molecule has 1 amide bonds. The zero-order valence-electron chi connectivity index (χ0n) is 18.5. The molecule has 0 radical (unpaired) electrons. The van der Waals surface area contributed by atoms with Crippen molar-refractivity contribution in [2.45, 2.75) is 39.3 Å². The van der Waals surface area contributed by atoms with E-state index in [1.807, 2.05) is 22.8 Å². The number of aromatic nitrogens is 3. The topological polar surface area (TPSA) is 126 Å². The summed E-state index contributed by atoms with van der Waals surface area (Å²) >= 11 is 0. The number of benzene rings is 2. The average molecular weight is 446 g/mol. The minimum absolute atomic E-state index is 0.153. The van der Waals surface area contributed by atoms with E-state index in [2.05, 4.69) is 23.8 Å². The number of phenolic OH excluding ortho intramolecular Hbond substituents is 2. The van der Waals surface area contributed by atoms with Crippen molar-refractivity contribution >= 4 is 33.7 Å². The number of phenols is 2. The van der Waals surface area contributed by atoms with Crippen LogP contribution < -0.4 is 11.1 Å². The van der Waals surface area contributed by atoms with Gasteiger partial charge in [-0.25, -0.2) is 9.97 Å². The van der Waals surface area contributed by atoms with Gasteiger partial charge >= 0.3 is 0 Å². The number of aryl methyl sites for hydroxylation is 1. The number of fused-ring (bicyclic) bond motifs is 3. The summed E-state index contributed by atoms with van der Waals surface area (Å²) in [4.78, 5) is 21.0. The molecule has 170 valence electrons. The lowest BCUT2D eigenvalue weighted by Gasteiger charge is -2.13. The maximum Gasteiger partial charge on any atom is 0.243 e. The summed E-state index contributed by atoms with van der Waals surface area (Å²) in [5.74, 6) is 0.600. The van der Waals surface area contributed by atoms with Gasteiger partial charge in [-0.3, -0.25) is 4.79 Å². The minimum atomic E-state index is -0.248. The van der Waals surface area contributed by atoms with Gasteiger partial charge in [0.15, 0.2) is 17.3 Å². The van der Waals surface area contributed by atoms with Gasteiger partial charge in [0.2, 0.25) is 5.91 Å². The average Bonchev–Trinajstić information content (AvgIpc) is 3.18. The summed E-state index contributed by atoms with van der Waals surface area (Å²) in [7, 11) is 0. The van der Waals surface area contributed by atoms with Crippen molar-refractivity contribution in [3.63, 3.8) is 0 Å². The van der Waals surface area contributed by atoms with Crippen LogP contribution in [0.25, 0.3) is 21.9 Å². The highest BCUT2D eigenvalue weighted by atomic mass is 16.3. The molecule has 0 fully saturated rings. The van der Waals surface area contributed by atoms with Gasteiger partial charge < -0.3 is 25.8 Å². The van der Waals surface area contributed by atoms with Gasteiger partial charge in [0.1, 0.15) is 11.3 Å². The number of nitrogens with zero attached hydrogens (tertiary/aromatic N) is 3. The Morgan fingerprint density at radius 3 is 2.82 bits per heavy atom. The fourth-order valence-electron chi connectivity index (χ4n) is 3.95. The Balaban J connectivity index is 1.92. The second-order valence-electron chi connectivity index (χ2n) is 7.97. The second-order valence-corrected chi connectivity index (χ2v) is 7.97. The van der Waals surface area contributed by atoms with Gasteiger partial charge in [-0.15, -0.1) is 0 Å². The monoisotopic (exact) mass is 445 g/mol. The number of hydrogen-bond donors (Lipinski definition) is 4. The van der Waals surface area contributed by atoms with E-state index in [1.54, 1.807) is 12.1 Å². The number of amides is 1. The summed E-state index contributed by atoms with van der Waals surface area (Å²) in [6, 6.07) is 10.7. The van der Waals surface area contributed by atoms with Crippen molar-refractivity contribution in [3.05, 3.63) is 66.0 Å². The standard InChI is InChI=1S/C25H27N5O3/c1-3-5-9-20-29-22-23(30(20)14-16-7-6-8-19(31)24(16)33)17-12-15(13-27-21(32)4-2)10-11-18(17)28-25(22)26/h4,6-8,10-12,31,33H,2-3,5,9,13-14H2,1H3,(H2,26,28)(H,27,32). The van der Waals surface area contributed by atoms with Crippen molar-refractivity contribution in [1.29, 1.82) is 0 Å². The molecule has 0 bridgehead atoms. The van der Waals surface area contributed by atoms with Gasteiger partial charge in [0.05, 0.1) is 17.6 Å². The van der Waals surface area contributed by atoms with Crippen LogP contribution in [0.1, 0.15) is 36.7 Å². The first-order valence-corrected chi connectivity index (χ1v) is 10.9. The Morgan fingerprint density at radius 2 is 2.06 bits per heavy atom. The molecule has 2 aromatic heterocycles. The summed E-state index contributed by atoms with van der Waals surface area (Å²) < 4.78 is 2.03. The van der Waals surface area contributed by atoms with E-state index in [0.29, 0.717) is 35.5 Å². The summed E-state index contributed by atoms with van der Waals surface area (Å²) in [5.41, 5.74) is 9.88. The number of nitrogens with one attached hydrogen (secondary N) is 1. The fourth-order valence-corrected chi connectivity index (χ4v) is 3.95. The predicted octanol–water partition coefficient (Wildman–Crippen LogP) is 3.77. The van der Waals surface area contributed by atoms with Crippen LogP contribution in [-0.4, -0.2) is 30.7 Å². The van der Waals surface area contributed by atoms with E-state index in [-0.39, 0.29) is 17.4 Å². The first-order chi connectivity index (χ1) is 15.9. The van der Waals surface area contributed by atoms with E-state index in [9.17, 15) is 15.0 Å². The van der Waals surface area contributed by atoms with Crippen molar-refractivity contribution in [2.24, 2.45) is 0 Å². The van der Waals surface area contributed by atoms with Gasteiger partial charge in [0.25, 0.3) is 0 Å². The first kappa shape index (κ1) is 22.1. The molecule has 33 heavy (non-hydrogen) atoms. The fraction of sp³-hybridized carbons (Fsp3) is 0.240. The molecule has 0 spiro atoms. The van der Waals surface area contributed by atoms with Gasteiger partial charge in [-0.05, 0) is 36.3 Å². The molecular weight excluding hydrogens is 418 g/mol. The van der Waals surface area contributed by atoms with E-state index in [0.717, 1.165) is 41.6 Å². The zero-order valence-corrected chi connectivity index (χ0v) is 18.5. The van der Waals surface area contributed by atoms with Crippen molar-refractivity contribution in [3.8, 4) is 11.5 Å². The van der Waals surface area contributed by atoms with E-state index >= 15 is 0 Å². The molecule has 2 aromatic carbocycles. The molecule has 0 saturated carbocycles. The number of pyridine rings is 1. The molecule has 0 saturated heterocycles. The maximum absolute atomic E-state index is 11.6. The molecule has 0 unspecified atom stereocenters. The lowest BCUT2D eigenvalue weighted by molar-refractivity contribution is -0.116. The molecule has 0 atom stereocenters. The van der Waals surface area contributed by atoms with E-state index < -0.39 is 0 Å². The number of imidazole rings is 1. The third kappa shape index (κ3) is 4.32. The van der Waals surface area contributed by atoms with Crippen molar-refractivity contribution in [1.82, 2.24) is 19.9 Å². The van der Waals surface area contributed by atoms with Gasteiger partial charge in [-0.2, -0.15) is 0 Å². The highest BCUT2D eigenvalue weighted by Gasteiger charge is 2.19. The smallest absolute Gasteiger partial charge is 0.243 e. The Hall–Kier alpha value is -4.07. The number of nitrogens with two attached hydrogens (primary N) is 1. The number of para-hydroxylation sites is 1. The molecule has 4 aromatic rings. The number of unbranched alkanes of at least 4 members (excludes halogenated alkanes) is 1. The number of hydrogen-bond acceptors (Lipinski definition) is 6. The molecule has 8 heteroatoms. The highest BCUT2D eigenvalue weighted by molar-refractivity contribution is 6.07. The van der Waals surface area contributed by atoms with Crippen LogP contribution in [-0.2, 0) is 24.3 Å². The molecule has 0 aliphatic heterocycles. The van der Waals surface area contributed by atoms with Crippen molar-refractivity contribution in [2.75, 3.05) is 5.73 Å².